The number of carbonyl (C=O) groups is 1. The highest BCUT2D eigenvalue weighted by Crippen LogP contribution is 2.01. The van der Waals surface area contributed by atoms with Crippen molar-refractivity contribution in [3.05, 3.63) is 0 Å². The van der Waals surface area contributed by atoms with Crippen molar-refractivity contribution >= 4 is 5.78 Å². The average Bonchev–Trinajstić information content (AvgIpc) is 2.52. The minimum atomic E-state index is 0.291. The molecule has 6 nitrogen and oxygen atoms in total. The smallest absolute Gasteiger partial charge is 0.135 e. The highest BCUT2D eigenvalue weighted by molar-refractivity contribution is 5.78. The highest BCUT2D eigenvalue weighted by atomic mass is 16.6. The Balaban J connectivity index is 3.06. The number of nitrogens with two attached hydrogens (primary N) is 1. The molecule has 0 aromatic heterocycles. The zero-order chi connectivity index (χ0) is 16.3. The van der Waals surface area contributed by atoms with Gasteiger partial charge in [0.1, 0.15) is 5.78 Å². The third kappa shape index (κ3) is 17.5. The van der Waals surface area contributed by atoms with Crippen molar-refractivity contribution in [1.29, 1.82) is 0 Å². The molecule has 0 aromatic rings. The summed E-state index contributed by atoms with van der Waals surface area (Å²) in [5, 5.41) is 0. The molecule has 0 aliphatic heterocycles. The Morgan fingerprint density at radius 3 is 1.73 bits per heavy atom. The van der Waals surface area contributed by atoms with E-state index in [1.807, 2.05) is 0 Å². The van der Waals surface area contributed by atoms with Gasteiger partial charge >= 0.3 is 0 Å². The fourth-order valence-electron chi connectivity index (χ4n) is 1.73. The molecule has 0 rings (SSSR count). The molecule has 0 amide bonds. The molecule has 0 spiro atoms. The fraction of sp³-hybridized carbons (Fsp3) is 0.938. The van der Waals surface area contributed by atoms with Gasteiger partial charge in [0, 0.05) is 19.4 Å². The molecular weight excluding hydrogens is 286 g/mol. The van der Waals surface area contributed by atoms with Gasteiger partial charge in [-0.25, -0.2) is 0 Å². The second-order valence-electron chi connectivity index (χ2n) is 4.98. The predicted molar refractivity (Wildman–Crippen MR) is 86.1 cm³/mol. The van der Waals surface area contributed by atoms with E-state index in [2.05, 4.69) is 6.92 Å². The predicted octanol–water partition coefficient (Wildman–Crippen LogP) is 1.55. The van der Waals surface area contributed by atoms with Gasteiger partial charge in [0.05, 0.1) is 52.9 Å². The molecule has 0 radical (unpaired) electrons. The topological polar surface area (TPSA) is 80.0 Å². The Labute approximate surface area is 134 Å². The van der Waals surface area contributed by atoms with E-state index < -0.39 is 0 Å². The summed E-state index contributed by atoms with van der Waals surface area (Å²) in [5.74, 6) is 0.291. The van der Waals surface area contributed by atoms with E-state index in [9.17, 15) is 4.79 Å². The van der Waals surface area contributed by atoms with E-state index in [-0.39, 0.29) is 0 Å². The lowest BCUT2D eigenvalue weighted by Crippen LogP contribution is -2.14. The summed E-state index contributed by atoms with van der Waals surface area (Å²) in [5.41, 5.74) is 5.29. The number of carbonyl (C=O) groups excluding carboxylic acids is 1. The standard InChI is InChI=1S/C16H33NO5/c1-2-3-4-5-16(18)6-8-19-10-12-21-14-15-22-13-11-20-9-7-17/h2-15,17H2,1H3. The first-order chi connectivity index (χ1) is 10.8. The van der Waals surface area contributed by atoms with E-state index in [1.165, 1.54) is 0 Å². The Kier molecular flexibility index (Phi) is 18.1. The van der Waals surface area contributed by atoms with Gasteiger partial charge in [-0.3, -0.25) is 4.79 Å². The number of hydrogen-bond donors (Lipinski definition) is 1. The zero-order valence-electron chi connectivity index (χ0n) is 14.0. The number of ketones is 1. The van der Waals surface area contributed by atoms with Crippen molar-refractivity contribution in [3.63, 3.8) is 0 Å². The number of hydrogen-bond acceptors (Lipinski definition) is 6. The van der Waals surface area contributed by atoms with Crippen molar-refractivity contribution < 1.29 is 23.7 Å². The SMILES string of the molecule is CCCCCC(=O)CCOCCOCCOCCOCCN. The lowest BCUT2D eigenvalue weighted by Gasteiger charge is -2.07. The van der Waals surface area contributed by atoms with E-state index in [1.54, 1.807) is 0 Å². The molecular formula is C16H33NO5. The Bertz CT molecular complexity index is 239. The maximum atomic E-state index is 11.5. The van der Waals surface area contributed by atoms with Gasteiger partial charge in [0.25, 0.3) is 0 Å². The van der Waals surface area contributed by atoms with Gasteiger partial charge < -0.3 is 24.7 Å². The van der Waals surface area contributed by atoms with E-state index in [0.717, 1.165) is 19.3 Å². The van der Waals surface area contributed by atoms with Crippen LogP contribution in [0.5, 0.6) is 0 Å². The Morgan fingerprint density at radius 1 is 0.727 bits per heavy atom. The normalized spacial score (nSPS) is 11.0. The Hall–Kier alpha value is -0.530. The van der Waals surface area contributed by atoms with Crippen molar-refractivity contribution in [3.8, 4) is 0 Å². The van der Waals surface area contributed by atoms with Gasteiger partial charge in [-0.05, 0) is 6.42 Å². The van der Waals surface area contributed by atoms with Crippen molar-refractivity contribution in [1.82, 2.24) is 0 Å². The molecule has 132 valence electrons. The second kappa shape index (κ2) is 18.5. The lowest BCUT2D eigenvalue weighted by atomic mass is 10.1. The van der Waals surface area contributed by atoms with Gasteiger partial charge in [0.2, 0.25) is 0 Å². The first-order valence-corrected chi connectivity index (χ1v) is 8.34. The molecule has 0 bridgehead atoms. The summed E-state index contributed by atoms with van der Waals surface area (Å²) in [6, 6.07) is 0. The van der Waals surface area contributed by atoms with Gasteiger partial charge in [0.15, 0.2) is 0 Å². The van der Waals surface area contributed by atoms with Crippen LogP contribution in [0, 0.1) is 0 Å². The summed E-state index contributed by atoms with van der Waals surface area (Å²) < 4.78 is 21.2. The minimum Gasteiger partial charge on any atom is -0.379 e. The molecule has 0 heterocycles. The van der Waals surface area contributed by atoms with Crippen LogP contribution < -0.4 is 5.73 Å². The maximum Gasteiger partial charge on any atom is 0.135 e. The molecule has 0 saturated carbocycles. The van der Waals surface area contributed by atoms with Gasteiger partial charge in [-0.2, -0.15) is 0 Å². The summed E-state index contributed by atoms with van der Waals surface area (Å²) in [7, 11) is 0. The molecule has 0 aromatic carbocycles. The summed E-state index contributed by atoms with van der Waals surface area (Å²) in [6.45, 7) is 6.97. The summed E-state index contributed by atoms with van der Waals surface area (Å²) in [4.78, 5) is 11.5. The van der Waals surface area contributed by atoms with Gasteiger partial charge in [-0.1, -0.05) is 19.8 Å². The summed E-state index contributed by atoms with van der Waals surface area (Å²) >= 11 is 0. The molecule has 6 heteroatoms. The van der Waals surface area contributed by atoms with Crippen LogP contribution in [0.25, 0.3) is 0 Å². The summed E-state index contributed by atoms with van der Waals surface area (Å²) in [6.07, 6.45) is 4.46. The fourth-order valence-corrected chi connectivity index (χ4v) is 1.73. The number of unbranched alkanes of at least 4 members (excludes halogenated alkanes) is 2. The molecule has 0 atom stereocenters. The third-order valence-electron chi connectivity index (χ3n) is 2.96. The molecule has 0 unspecified atom stereocenters. The van der Waals surface area contributed by atoms with Crippen LogP contribution in [0.15, 0.2) is 0 Å². The Morgan fingerprint density at radius 2 is 1.23 bits per heavy atom. The molecule has 0 saturated heterocycles. The van der Waals surface area contributed by atoms with Crippen molar-refractivity contribution in [2.45, 2.75) is 39.0 Å². The quantitative estimate of drug-likeness (QED) is 0.386. The van der Waals surface area contributed by atoms with Crippen molar-refractivity contribution in [2.75, 3.05) is 59.4 Å². The number of Topliss-reactive ketones (excluding diaryl/α,β-unsaturated/α-hetero) is 1. The molecule has 22 heavy (non-hydrogen) atoms. The van der Waals surface area contributed by atoms with E-state index in [4.69, 9.17) is 24.7 Å². The monoisotopic (exact) mass is 319 g/mol. The van der Waals surface area contributed by atoms with Crippen LogP contribution in [-0.2, 0) is 23.7 Å². The highest BCUT2D eigenvalue weighted by Gasteiger charge is 2.01. The average molecular weight is 319 g/mol. The van der Waals surface area contributed by atoms with Gasteiger partial charge in [-0.15, -0.1) is 0 Å². The van der Waals surface area contributed by atoms with Crippen LogP contribution in [0.3, 0.4) is 0 Å². The second-order valence-corrected chi connectivity index (χ2v) is 4.98. The molecule has 2 N–H and O–H groups in total. The van der Waals surface area contributed by atoms with Crippen LogP contribution in [0.2, 0.25) is 0 Å². The van der Waals surface area contributed by atoms with E-state index in [0.29, 0.717) is 78.0 Å². The molecule has 0 fully saturated rings. The maximum absolute atomic E-state index is 11.5. The molecule has 0 aliphatic carbocycles. The van der Waals surface area contributed by atoms with Crippen LogP contribution in [0.1, 0.15) is 39.0 Å². The van der Waals surface area contributed by atoms with Crippen LogP contribution in [-0.4, -0.2) is 65.2 Å². The number of ether oxygens (including phenoxy) is 4. The van der Waals surface area contributed by atoms with Crippen molar-refractivity contribution in [2.24, 2.45) is 5.73 Å². The van der Waals surface area contributed by atoms with Crippen LogP contribution >= 0.6 is 0 Å². The largest absolute Gasteiger partial charge is 0.379 e. The van der Waals surface area contributed by atoms with Crippen LogP contribution in [0.4, 0.5) is 0 Å². The first kappa shape index (κ1) is 21.5. The third-order valence-corrected chi connectivity index (χ3v) is 2.96. The van der Waals surface area contributed by atoms with E-state index >= 15 is 0 Å². The lowest BCUT2D eigenvalue weighted by molar-refractivity contribution is -0.120. The zero-order valence-corrected chi connectivity index (χ0v) is 14.0. The first-order valence-electron chi connectivity index (χ1n) is 8.34. The molecule has 0 aliphatic rings. The minimum absolute atomic E-state index is 0.291. The number of rotatable bonds is 18.